The summed E-state index contributed by atoms with van der Waals surface area (Å²) in [5, 5.41) is 2.10. The lowest BCUT2D eigenvalue weighted by Crippen LogP contribution is -2.18. The maximum atomic E-state index is 5.83. The first-order chi connectivity index (χ1) is 6.72. The van der Waals surface area contributed by atoms with E-state index in [-0.39, 0.29) is 0 Å². The molecule has 0 saturated carbocycles. The molecule has 0 aromatic carbocycles. The third-order valence-corrected chi connectivity index (χ3v) is 4.29. The zero-order valence-corrected chi connectivity index (χ0v) is 10.5. The van der Waals surface area contributed by atoms with E-state index in [0.29, 0.717) is 6.04 Å². The Morgan fingerprint density at radius 3 is 3.00 bits per heavy atom. The smallest absolute Gasteiger partial charge is 0.150 e. The lowest BCUT2D eigenvalue weighted by Gasteiger charge is -2.06. The summed E-state index contributed by atoms with van der Waals surface area (Å²) in [6, 6.07) is 0.383. The summed E-state index contributed by atoms with van der Waals surface area (Å²) in [5.41, 5.74) is 6.96. The van der Waals surface area contributed by atoms with Gasteiger partial charge in [-0.25, -0.2) is 4.98 Å². The molecule has 0 amide bonds. The molecule has 1 rings (SSSR count). The molecule has 1 aromatic rings. The summed E-state index contributed by atoms with van der Waals surface area (Å²) in [4.78, 5) is 4.40. The molecule has 0 spiro atoms. The van der Waals surface area contributed by atoms with Crippen molar-refractivity contribution in [2.75, 3.05) is 5.75 Å². The molecule has 1 aromatic heterocycles. The van der Waals surface area contributed by atoms with Crippen molar-refractivity contribution in [1.82, 2.24) is 4.98 Å². The average Bonchev–Trinajstić information content (AvgIpc) is 2.58. The van der Waals surface area contributed by atoms with Crippen LogP contribution in [0.15, 0.2) is 9.72 Å². The van der Waals surface area contributed by atoms with E-state index >= 15 is 0 Å². The summed E-state index contributed by atoms with van der Waals surface area (Å²) >= 11 is 3.58. The van der Waals surface area contributed by atoms with Crippen molar-refractivity contribution < 1.29 is 0 Å². The molecule has 1 heterocycles. The summed E-state index contributed by atoms with van der Waals surface area (Å²) < 4.78 is 1.19. The fraction of sp³-hybridized carbons (Fsp3) is 0.700. The minimum absolute atomic E-state index is 0.383. The Balaban J connectivity index is 2.10. The number of thiazole rings is 1. The van der Waals surface area contributed by atoms with Gasteiger partial charge in [0.2, 0.25) is 0 Å². The molecule has 14 heavy (non-hydrogen) atoms. The van der Waals surface area contributed by atoms with Crippen molar-refractivity contribution in [3.8, 4) is 0 Å². The van der Waals surface area contributed by atoms with E-state index in [1.807, 2.05) is 18.7 Å². The topological polar surface area (TPSA) is 38.9 Å². The normalized spacial score (nSPS) is 13.1. The second-order valence-electron chi connectivity index (χ2n) is 3.41. The van der Waals surface area contributed by atoms with Crippen LogP contribution in [-0.2, 0) is 0 Å². The molecule has 0 bridgehead atoms. The molecule has 1 unspecified atom stereocenters. The summed E-state index contributed by atoms with van der Waals surface area (Å²) in [5.74, 6) is 1.14. The first-order valence-electron chi connectivity index (χ1n) is 5.03. The highest BCUT2D eigenvalue weighted by molar-refractivity contribution is 8.00. The van der Waals surface area contributed by atoms with Gasteiger partial charge in [0.05, 0.1) is 0 Å². The second kappa shape index (κ2) is 6.43. The first kappa shape index (κ1) is 12.0. The highest BCUT2D eigenvalue weighted by atomic mass is 32.2. The van der Waals surface area contributed by atoms with Gasteiger partial charge in [0, 0.05) is 22.9 Å². The zero-order valence-electron chi connectivity index (χ0n) is 8.82. The molecule has 0 aliphatic carbocycles. The second-order valence-corrected chi connectivity index (χ2v) is 5.61. The number of aromatic nitrogens is 1. The lowest BCUT2D eigenvalue weighted by atomic mass is 10.1. The highest BCUT2D eigenvalue weighted by Gasteiger charge is 2.01. The molecule has 1 atom stereocenters. The van der Waals surface area contributed by atoms with Crippen molar-refractivity contribution in [2.45, 2.75) is 43.5 Å². The summed E-state index contributed by atoms with van der Waals surface area (Å²) in [6.45, 7) is 4.18. The Morgan fingerprint density at radius 2 is 2.43 bits per heavy atom. The van der Waals surface area contributed by atoms with E-state index in [9.17, 15) is 0 Å². The molecule has 0 fully saturated rings. The largest absolute Gasteiger partial charge is 0.328 e. The van der Waals surface area contributed by atoms with Crippen molar-refractivity contribution in [2.24, 2.45) is 5.73 Å². The Kier molecular flexibility index (Phi) is 5.52. The standard InChI is InChI=1S/C10H18N2S2/c1-3-9(11)5-4-6-13-10-12-8(2)7-14-10/h7,9H,3-6,11H2,1-2H3. The third kappa shape index (κ3) is 4.44. The maximum absolute atomic E-state index is 5.83. The predicted molar refractivity (Wildman–Crippen MR) is 65.1 cm³/mol. The molecular formula is C10H18N2S2. The SMILES string of the molecule is CCC(N)CCCSc1nc(C)cs1. The number of nitrogens with zero attached hydrogens (tertiary/aromatic N) is 1. The molecular weight excluding hydrogens is 212 g/mol. The molecule has 0 aliphatic rings. The van der Waals surface area contributed by atoms with E-state index in [2.05, 4.69) is 17.3 Å². The monoisotopic (exact) mass is 230 g/mol. The van der Waals surface area contributed by atoms with Crippen molar-refractivity contribution in [1.29, 1.82) is 0 Å². The Labute approximate surface area is 94.3 Å². The zero-order chi connectivity index (χ0) is 10.4. The highest BCUT2D eigenvalue weighted by Crippen LogP contribution is 2.23. The quantitative estimate of drug-likeness (QED) is 0.603. The van der Waals surface area contributed by atoms with E-state index < -0.39 is 0 Å². The van der Waals surface area contributed by atoms with Crippen LogP contribution in [0.1, 0.15) is 31.9 Å². The maximum Gasteiger partial charge on any atom is 0.150 e. The number of hydrogen-bond donors (Lipinski definition) is 1. The number of aryl methyl sites for hydroxylation is 1. The van der Waals surface area contributed by atoms with E-state index in [4.69, 9.17) is 5.73 Å². The van der Waals surface area contributed by atoms with Crippen LogP contribution >= 0.6 is 23.1 Å². The third-order valence-electron chi connectivity index (χ3n) is 2.07. The number of nitrogens with two attached hydrogens (primary N) is 1. The van der Waals surface area contributed by atoms with Gasteiger partial charge in [0.1, 0.15) is 4.34 Å². The van der Waals surface area contributed by atoms with Crippen LogP contribution in [0.25, 0.3) is 0 Å². The summed E-state index contributed by atoms with van der Waals surface area (Å²) in [7, 11) is 0. The van der Waals surface area contributed by atoms with Crippen LogP contribution in [0.3, 0.4) is 0 Å². The van der Waals surface area contributed by atoms with Crippen LogP contribution in [0, 0.1) is 6.92 Å². The van der Waals surface area contributed by atoms with Gasteiger partial charge in [-0.15, -0.1) is 11.3 Å². The molecule has 0 radical (unpaired) electrons. The van der Waals surface area contributed by atoms with Gasteiger partial charge in [-0.3, -0.25) is 0 Å². The Morgan fingerprint density at radius 1 is 1.64 bits per heavy atom. The van der Waals surface area contributed by atoms with E-state index in [0.717, 1.165) is 24.3 Å². The van der Waals surface area contributed by atoms with Crippen molar-refractivity contribution in [3.63, 3.8) is 0 Å². The van der Waals surface area contributed by atoms with Gasteiger partial charge in [-0.2, -0.15) is 0 Å². The predicted octanol–water partition coefficient (Wildman–Crippen LogP) is 3.06. The van der Waals surface area contributed by atoms with Crippen molar-refractivity contribution in [3.05, 3.63) is 11.1 Å². The average molecular weight is 230 g/mol. The van der Waals surface area contributed by atoms with Gasteiger partial charge in [-0.1, -0.05) is 18.7 Å². The van der Waals surface area contributed by atoms with Crippen LogP contribution in [0.5, 0.6) is 0 Å². The van der Waals surface area contributed by atoms with Gasteiger partial charge in [-0.05, 0) is 26.2 Å². The molecule has 80 valence electrons. The Bertz CT molecular complexity index is 260. The van der Waals surface area contributed by atoms with Gasteiger partial charge in [0.25, 0.3) is 0 Å². The number of hydrogen-bond acceptors (Lipinski definition) is 4. The fourth-order valence-electron chi connectivity index (χ4n) is 1.11. The van der Waals surface area contributed by atoms with Gasteiger partial charge in [0.15, 0.2) is 0 Å². The van der Waals surface area contributed by atoms with Gasteiger partial charge < -0.3 is 5.73 Å². The minimum Gasteiger partial charge on any atom is -0.328 e. The molecule has 0 aliphatic heterocycles. The number of thioether (sulfide) groups is 1. The molecule has 0 saturated heterocycles. The Hall–Kier alpha value is -0.0600. The van der Waals surface area contributed by atoms with Crippen LogP contribution in [0.4, 0.5) is 0 Å². The summed E-state index contributed by atoms with van der Waals surface area (Å²) in [6.07, 6.45) is 3.41. The number of rotatable bonds is 6. The van der Waals surface area contributed by atoms with Gasteiger partial charge >= 0.3 is 0 Å². The molecule has 2 nitrogen and oxygen atoms in total. The lowest BCUT2D eigenvalue weighted by molar-refractivity contribution is 0.589. The van der Waals surface area contributed by atoms with Crippen LogP contribution < -0.4 is 5.73 Å². The molecule has 2 N–H and O–H groups in total. The minimum atomic E-state index is 0.383. The first-order valence-corrected chi connectivity index (χ1v) is 6.89. The van der Waals surface area contributed by atoms with Crippen LogP contribution in [-0.4, -0.2) is 16.8 Å². The van der Waals surface area contributed by atoms with E-state index in [1.54, 1.807) is 11.3 Å². The molecule has 4 heteroatoms. The van der Waals surface area contributed by atoms with E-state index in [1.165, 1.54) is 10.8 Å². The fourth-order valence-corrected chi connectivity index (χ4v) is 2.99. The van der Waals surface area contributed by atoms with Crippen LogP contribution in [0.2, 0.25) is 0 Å². The van der Waals surface area contributed by atoms with Crippen molar-refractivity contribution >= 4 is 23.1 Å².